The summed E-state index contributed by atoms with van der Waals surface area (Å²) in [5, 5.41) is 3.48. The Morgan fingerprint density at radius 3 is 2.70 bits per heavy atom. The lowest BCUT2D eigenvalue weighted by atomic mass is 10.1. The van der Waals surface area contributed by atoms with Gasteiger partial charge in [0.1, 0.15) is 0 Å². The summed E-state index contributed by atoms with van der Waals surface area (Å²) in [5.41, 5.74) is 5.55. The number of nitrogens with one attached hydrogen (secondary N) is 1. The molecular weight excluding hydrogens is 246 g/mol. The quantitative estimate of drug-likeness (QED) is 0.793. The van der Waals surface area contributed by atoms with Gasteiger partial charge in [-0.3, -0.25) is 9.98 Å². The molecule has 1 rings (SSSR count). The molecule has 0 atom stereocenters. The van der Waals surface area contributed by atoms with Gasteiger partial charge in [-0.25, -0.2) is 0 Å². The first kappa shape index (κ1) is 16.2. The number of aryl methyl sites for hydroxylation is 2. The summed E-state index contributed by atoms with van der Waals surface area (Å²) in [4.78, 5) is 8.78. The number of nitrogens with zero attached hydrogens (tertiary/aromatic N) is 2. The van der Waals surface area contributed by atoms with Crippen LogP contribution in [0.25, 0.3) is 5.70 Å². The van der Waals surface area contributed by atoms with Crippen LogP contribution in [0.15, 0.2) is 35.1 Å². The van der Waals surface area contributed by atoms with Crippen molar-refractivity contribution in [3.8, 4) is 0 Å². The van der Waals surface area contributed by atoms with Crippen LogP contribution in [-0.4, -0.2) is 17.7 Å². The average Bonchev–Trinajstić information content (AvgIpc) is 2.44. The minimum atomic E-state index is 0.722. The van der Waals surface area contributed by atoms with E-state index in [1.807, 2.05) is 39.3 Å². The van der Waals surface area contributed by atoms with Gasteiger partial charge in [0.2, 0.25) is 0 Å². The highest BCUT2D eigenvalue weighted by molar-refractivity contribution is 5.66. The van der Waals surface area contributed by atoms with Crippen molar-refractivity contribution < 1.29 is 0 Å². The molecule has 0 aromatic carbocycles. The third-order valence-corrected chi connectivity index (χ3v) is 3.01. The van der Waals surface area contributed by atoms with Gasteiger partial charge in [-0.15, -0.1) is 0 Å². The Morgan fingerprint density at radius 2 is 2.10 bits per heavy atom. The minimum absolute atomic E-state index is 0.722. The smallest absolute Gasteiger partial charge is 0.0570 e. The van der Waals surface area contributed by atoms with E-state index >= 15 is 0 Å². The predicted molar refractivity (Wildman–Crippen MR) is 87.9 cm³/mol. The lowest BCUT2D eigenvalue weighted by Crippen LogP contribution is -2.16. The number of aliphatic imine (C=N–C) groups is 1. The minimum Gasteiger partial charge on any atom is -0.379 e. The SMILES string of the molecule is C/C=N\C(=C/C)CN/C(=C/CC)c1cc(C)cnc1C. The molecule has 0 aliphatic heterocycles. The molecule has 0 bridgehead atoms. The number of rotatable bonds is 6. The number of aromatic nitrogens is 1. The summed E-state index contributed by atoms with van der Waals surface area (Å²) < 4.78 is 0. The molecule has 108 valence electrons. The van der Waals surface area contributed by atoms with E-state index in [2.05, 4.69) is 41.3 Å². The highest BCUT2D eigenvalue weighted by atomic mass is 14.9. The van der Waals surface area contributed by atoms with Gasteiger partial charge in [-0.1, -0.05) is 19.1 Å². The maximum absolute atomic E-state index is 4.44. The lowest BCUT2D eigenvalue weighted by molar-refractivity contribution is 0.928. The molecule has 3 heteroatoms. The van der Waals surface area contributed by atoms with Crippen molar-refractivity contribution in [3.63, 3.8) is 0 Å². The van der Waals surface area contributed by atoms with E-state index in [9.17, 15) is 0 Å². The van der Waals surface area contributed by atoms with Crippen LogP contribution in [-0.2, 0) is 0 Å². The molecule has 1 aromatic heterocycles. The fourth-order valence-corrected chi connectivity index (χ4v) is 1.97. The van der Waals surface area contributed by atoms with Crippen molar-refractivity contribution in [2.75, 3.05) is 6.54 Å². The molecule has 0 aliphatic rings. The van der Waals surface area contributed by atoms with E-state index in [4.69, 9.17) is 0 Å². The largest absolute Gasteiger partial charge is 0.379 e. The van der Waals surface area contributed by atoms with Gasteiger partial charge in [0.05, 0.1) is 12.2 Å². The van der Waals surface area contributed by atoms with Crippen LogP contribution >= 0.6 is 0 Å². The van der Waals surface area contributed by atoms with Gasteiger partial charge in [-0.2, -0.15) is 0 Å². The van der Waals surface area contributed by atoms with Crippen LogP contribution in [0.5, 0.6) is 0 Å². The number of hydrogen-bond donors (Lipinski definition) is 1. The van der Waals surface area contributed by atoms with Crippen LogP contribution < -0.4 is 5.32 Å². The first-order valence-corrected chi connectivity index (χ1v) is 7.13. The van der Waals surface area contributed by atoms with Crippen molar-refractivity contribution >= 4 is 11.9 Å². The van der Waals surface area contributed by atoms with Crippen LogP contribution in [0.4, 0.5) is 0 Å². The zero-order chi connectivity index (χ0) is 15.0. The van der Waals surface area contributed by atoms with Crippen molar-refractivity contribution in [2.45, 2.75) is 41.0 Å². The van der Waals surface area contributed by atoms with Crippen LogP contribution in [0.3, 0.4) is 0 Å². The molecular formula is C17H25N3. The van der Waals surface area contributed by atoms with Gasteiger partial charge >= 0.3 is 0 Å². The van der Waals surface area contributed by atoms with Crippen LogP contribution in [0.2, 0.25) is 0 Å². The van der Waals surface area contributed by atoms with E-state index < -0.39 is 0 Å². The van der Waals surface area contributed by atoms with E-state index in [1.165, 1.54) is 11.1 Å². The molecule has 0 aliphatic carbocycles. The summed E-state index contributed by atoms with van der Waals surface area (Å²) >= 11 is 0. The molecule has 1 heterocycles. The van der Waals surface area contributed by atoms with E-state index in [0.717, 1.165) is 30.1 Å². The van der Waals surface area contributed by atoms with E-state index in [1.54, 1.807) is 0 Å². The number of pyridine rings is 1. The molecule has 3 nitrogen and oxygen atoms in total. The van der Waals surface area contributed by atoms with Gasteiger partial charge in [0.25, 0.3) is 0 Å². The first-order valence-electron chi connectivity index (χ1n) is 7.13. The zero-order valence-corrected chi connectivity index (χ0v) is 13.2. The Labute approximate surface area is 122 Å². The van der Waals surface area contributed by atoms with Crippen molar-refractivity contribution in [2.24, 2.45) is 4.99 Å². The third kappa shape index (κ3) is 4.65. The second kappa shape index (κ2) is 8.31. The standard InChI is InChI=1S/C17H25N3/c1-6-9-17(20-12-15(7-2)18-8-3)16-10-13(4)11-19-14(16)5/h7-11,20H,6,12H2,1-5H3/b15-7-,17-9+,18-8-. The topological polar surface area (TPSA) is 37.3 Å². The second-order valence-corrected chi connectivity index (χ2v) is 4.69. The number of allylic oxidation sites excluding steroid dienone is 2. The fraction of sp³-hybridized carbons (Fsp3) is 0.412. The molecule has 0 unspecified atom stereocenters. The summed E-state index contributed by atoms with van der Waals surface area (Å²) in [6.07, 6.45) is 8.93. The lowest BCUT2D eigenvalue weighted by Gasteiger charge is -2.14. The van der Waals surface area contributed by atoms with E-state index in [0.29, 0.717) is 0 Å². The van der Waals surface area contributed by atoms with Crippen molar-refractivity contribution in [1.29, 1.82) is 0 Å². The maximum Gasteiger partial charge on any atom is 0.0570 e. The van der Waals surface area contributed by atoms with Gasteiger partial charge < -0.3 is 5.32 Å². The van der Waals surface area contributed by atoms with E-state index in [-0.39, 0.29) is 0 Å². The zero-order valence-electron chi connectivity index (χ0n) is 13.2. The van der Waals surface area contributed by atoms with Crippen molar-refractivity contribution in [1.82, 2.24) is 10.3 Å². The predicted octanol–water partition coefficient (Wildman–Crippen LogP) is 4.03. The molecule has 1 N–H and O–H groups in total. The van der Waals surface area contributed by atoms with Gasteiger partial charge in [0, 0.05) is 29.4 Å². The van der Waals surface area contributed by atoms with Crippen LogP contribution in [0, 0.1) is 13.8 Å². The summed E-state index contributed by atoms with van der Waals surface area (Å²) in [6.45, 7) is 10.9. The third-order valence-electron chi connectivity index (χ3n) is 3.01. The Balaban J connectivity index is 2.96. The maximum atomic E-state index is 4.44. The molecule has 0 saturated carbocycles. The number of hydrogen-bond acceptors (Lipinski definition) is 3. The average molecular weight is 271 g/mol. The molecule has 1 aromatic rings. The Kier molecular flexibility index (Phi) is 6.71. The summed E-state index contributed by atoms with van der Waals surface area (Å²) in [7, 11) is 0. The summed E-state index contributed by atoms with van der Waals surface area (Å²) in [5.74, 6) is 0. The molecule has 0 fully saturated rings. The monoisotopic (exact) mass is 271 g/mol. The molecule has 0 radical (unpaired) electrons. The molecule has 0 spiro atoms. The Morgan fingerprint density at radius 1 is 1.35 bits per heavy atom. The van der Waals surface area contributed by atoms with Crippen LogP contribution in [0.1, 0.15) is 44.0 Å². The second-order valence-electron chi connectivity index (χ2n) is 4.69. The Bertz CT molecular complexity index is 525. The highest BCUT2D eigenvalue weighted by Crippen LogP contribution is 2.17. The summed E-state index contributed by atoms with van der Waals surface area (Å²) in [6, 6.07) is 2.18. The van der Waals surface area contributed by atoms with Gasteiger partial charge in [-0.05, 0) is 45.7 Å². The molecule has 0 amide bonds. The highest BCUT2D eigenvalue weighted by Gasteiger charge is 2.06. The normalized spacial score (nSPS) is 13.1. The molecule has 20 heavy (non-hydrogen) atoms. The Hall–Kier alpha value is -1.90. The first-order chi connectivity index (χ1) is 9.62. The molecule has 0 saturated heterocycles. The fourth-order valence-electron chi connectivity index (χ4n) is 1.97. The van der Waals surface area contributed by atoms with Crippen molar-refractivity contribution in [3.05, 3.63) is 46.9 Å². The van der Waals surface area contributed by atoms with Gasteiger partial charge in [0.15, 0.2) is 0 Å².